The van der Waals surface area contributed by atoms with E-state index < -0.39 is 5.60 Å². The maximum Gasteiger partial charge on any atom is 0.333 e. The highest BCUT2D eigenvalue weighted by Gasteiger charge is 2.25. The second-order valence-corrected chi connectivity index (χ2v) is 10.2. The van der Waals surface area contributed by atoms with E-state index in [1.165, 1.54) is 11.1 Å². The second kappa shape index (κ2) is 12.7. The number of aromatic hydroxyl groups is 1. The molecular weight excluding hydrogens is 444 g/mol. The van der Waals surface area contributed by atoms with Gasteiger partial charge in [-0.2, -0.15) is 0 Å². The van der Waals surface area contributed by atoms with Gasteiger partial charge >= 0.3 is 5.97 Å². The Hall–Kier alpha value is -3.85. The molecule has 0 saturated heterocycles. The quantitative estimate of drug-likeness (QED) is 0.218. The van der Waals surface area contributed by atoms with Crippen molar-refractivity contribution in [2.75, 3.05) is 0 Å². The van der Waals surface area contributed by atoms with Crippen molar-refractivity contribution >= 4 is 18.1 Å². The minimum Gasteiger partial charge on any atom is -0.508 e. The van der Waals surface area contributed by atoms with Crippen LogP contribution in [0.1, 0.15) is 63.8 Å². The van der Waals surface area contributed by atoms with E-state index in [0.717, 1.165) is 11.1 Å². The highest BCUT2D eigenvalue weighted by Crippen LogP contribution is 2.25. The lowest BCUT2D eigenvalue weighted by Crippen LogP contribution is -2.25. The number of hydrogen-bond acceptors (Lipinski definition) is 3. The summed E-state index contributed by atoms with van der Waals surface area (Å²) in [6, 6.07) is 25.5. The lowest BCUT2D eigenvalue weighted by molar-refractivity contribution is -0.152. The standard InChI is InChI=1S/C20H22O.C13H16O2/c1-20(2,3)18-12-8-16(9-13-18)6-4-5-7-17-10-14-19(21)15-11-17;1-10(2)12(14)15-13(3,4)11-8-6-5-7-9-11/h4-15,21H,1-3H3;5-9H,1H2,2-4H3. The number of carbonyl (C=O) groups is 1. The van der Waals surface area contributed by atoms with Crippen LogP contribution >= 0.6 is 0 Å². The van der Waals surface area contributed by atoms with E-state index in [2.05, 4.69) is 57.7 Å². The van der Waals surface area contributed by atoms with E-state index in [-0.39, 0.29) is 11.4 Å². The molecule has 0 amide bonds. The predicted octanol–water partition coefficient (Wildman–Crippen LogP) is 8.46. The molecule has 0 aliphatic heterocycles. The monoisotopic (exact) mass is 482 g/mol. The molecule has 0 spiro atoms. The largest absolute Gasteiger partial charge is 0.508 e. The fourth-order valence-electron chi connectivity index (χ4n) is 3.23. The number of allylic oxidation sites excluding steroid dienone is 2. The molecular formula is C33H38O3. The number of rotatable bonds is 6. The Kier molecular flexibility index (Phi) is 10.0. The first-order chi connectivity index (χ1) is 16.9. The van der Waals surface area contributed by atoms with Crippen LogP contribution in [0.2, 0.25) is 0 Å². The van der Waals surface area contributed by atoms with E-state index in [4.69, 9.17) is 4.74 Å². The summed E-state index contributed by atoms with van der Waals surface area (Å²) < 4.78 is 5.35. The molecule has 0 radical (unpaired) electrons. The maximum atomic E-state index is 11.4. The van der Waals surface area contributed by atoms with Gasteiger partial charge in [0.1, 0.15) is 11.4 Å². The second-order valence-electron chi connectivity index (χ2n) is 10.2. The third kappa shape index (κ3) is 9.42. The van der Waals surface area contributed by atoms with Crippen LogP contribution in [0.15, 0.2) is 103 Å². The summed E-state index contributed by atoms with van der Waals surface area (Å²) in [5.41, 5.74) is 4.58. The van der Waals surface area contributed by atoms with E-state index in [0.29, 0.717) is 11.3 Å². The summed E-state index contributed by atoms with van der Waals surface area (Å²) in [6.07, 6.45) is 8.13. The SMILES string of the molecule is C=C(C)C(=O)OC(C)(C)c1ccccc1.CC(C)(C)c1ccc(C=CC=Cc2ccc(O)cc2)cc1. The molecule has 3 aromatic rings. The van der Waals surface area contributed by atoms with Gasteiger partial charge < -0.3 is 9.84 Å². The molecule has 0 heterocycles. The molecule has 0 aliphatic rings. The van der Waals surface area contributed by atoms with Gasteiger partial charge in [-0.05, 0) is 60.6 Å². The highest BCUT2D eigenvalue weighted by molar-refractivity contribution is 5.87. The summed E-state index contributed by atoms with van der Waals surface area (Å²) >= 11 is 0. The molecule has 0 fully saturated rings. The fourth-order valence-corrected chi connectivity index (χ4v) is 3.23. The molecule has 3 heteroatoms. The molecule has 3 aromatic carbocycles. The molecule has 0 aliphatic carbocycles. The van der Waals surface area contributed by atoms with Crippen LogP contribution in [0.25, 0.3) is 12.2 Å². The Morgan fingerprint density at radius 2 is 1.22 bits per heavy atom. The van der Waals surface area contributed by atoms with Crippen molar-refractivity contribution < 1.29 is 14.6 Å². The molecule has 3 nitrogen and oxygen atoms in total. The number of carbonyl (C=O) groups excluding carboxylic acids is 1. The van der Waals surface area contributed by atoms with E-state index in [1.54, 1.807) is 19.1 Å². The molecule has 1 N–H and O–H groups in total. The van der Waals surface area contributed by atoms with Crippen LogP contribution in [0.4, 0.5) is 0 Å². The molecule has 0 aromatic heterocycles. The van der Waals surface area contributed by atoms with Crippen molar-refractivity contribution in [2.24, 2.45) is 0 Å². The molecule has 0 saturated carbocycles. The van der Waals surface area contributed by atoms with Crippen molar-refractivity contribution in [3.05, 3.63) is 125 Å². The number of ether oxygens (including phenoxy) is 1. The first-order valence-corrected chi connectivity index (χ1v) is 12.1. The highest BCUT2D eigenvalue weighted by atomic mass is 16.6. The van der Waals surface area contributed by atoms with Crippen molar-refractivity contribution in [3.63, 3.8) is 0 Å². The fraction of sp³-hybridized carbons (Fsp3) is 0.242. The minimum absolute atomic E-state index is 0.195. The summed E-state index contributed by atoms with van der Waals surface area (Å²) in [5.74, 6) is -0.0644. The summed E-state index contributed by atoms with van der Waals surface area (Å²) in [4.78, 5) is 11.4. The number of esters is 1. The van der Waals surface area contributed by atoms with Gasteiger partial charge in [-0.1, -0.05) is 118 Å². The maximum absolute atomic E-state index is 11.4. The van der Waals surface area contributed by atoms with Crippen LogP contribution < -0.4 is 0 Å². The molecule has 0 atom stereocenters. The zero-order chi connectivity index (χ0) is 26.8. The lowest BCUT2D eigenvalue weighted by atomic mass is 9.87. The van der Waals surface area contributed by atoms with E-state index in [9.17, 15) is 9.90 Å². The van der Waals surface area contributed by atoms with Crippen LogP contribution in [0.3, 0.4) is 0 Å². The van der Waals surface area contributed by atoms with Gasteiger partial charge in [0.05, 0.1) is 0 Å². The van der Waals surface area contributed by atoms with Gasteiger partial charge in [0.25, 0.3) is 0 Å². The smallest absolute Gasteiger partial charge is 0.333 e. The normalized spacial score (nSPS) is 11.7. The summed E-state index contributed by atoms with van der Waals surface area (Å²) in [6.45, 7) is 15.6. The molecule has 0 bridgehead atoms. The molecule has 0 unspecified atom stereocenters. The molecule has 3 rings (SSSR count). The van der Waals surface area contributed by atoms with Crippen molar-refractivity contribution in [2.45, 2.75) is 52.6 Å². The van der Waals surface area contributed by atoms with E-state index >= 15 is 0 Å². The Labute approximate surface area is 216 Å². The zero-order valence-electron chi connectivity index (χ0n) is 22.3. The average molecular weight is 483 g/mol. The van der Waals surface area contributed by atoms with Crippen LogP contribution in [-0.2, 0) is 20.5 Å². The van der Waals surface area contributed by atoms with Gasteiger partial charge in [0, 0.05) is 5.57 Å². The van der Waals surface area contributed by atoms with Crippen molar-refractivity contribution in [1.82, 2.24) is 0 Å². The number of phenols is 1. The third-order valence-electron chi connectivity index (χ3n) is 5.52. The van der Waals surface area contributed by atoms with Crippen LogP contribution in [-0.4, -0.2) is 11.1 Å². The van der Waals surface area contributed by atoms with Gasteiger partial charge in [-0.15, -0.1) is 0 Å². The first-order valence-electron chi connectivity index (χ1n) is 12.1. The van der Waals surface area contributed by atoms with Crippen molar-refractivity contribution in [3.8, 4) is 5.75 Å². The first kappa shape index (κ1) is 28.4. The number of hydrogen-bond donors (Lipinski definition) is 1. The Balaban J connectivity index is 0.000000269. The van der Waals surface area contributed by atoms with Gasteiger partial charge in [-0.3, -0.25) is 0 Å². The summed E-state index contributed by atoms with van der Waals surface area (Å²) in [7, 11) is 0. The molecule has 188 valence electrons. The van der Waals surface area contributed by atoms with Crippen LogP contribution in [0.5, 0.6) is 5.75 Å². The van der Waals surface area contributed by atoms with Gasteiger partial charge in [-0.25, -0.2) is 4.79 Å². The van der Waals surface area contributed by atoms with Gasteiger partial charge in [0.15, 0.2) is 0 Å². The average Bonchev–Trinajstić information content (AvgIpc) is 2.83. The Morgan fingerprint density at radius 1 is 0.750 bits per heavy atom. The minimum atomic E-state index is -0.614. The lowest BCUT2D eigenvalue weighted by Gasteiger charge is -2.25. The number of benzene rings is 3. The van der Waals surface area contributed by atoms with Gasteiger partial charge in [0.2, 0.25) is 0 Å². The van der Waals surface area contributed by atoms with E-state index in [1.807, 2.05) is 74.5 Å². The summed E-state index contributed by atoms with van der Waals surface area (Å²) in [5, 5.41) is 9.22. The third-order valence-corrected chi connectivity index (χ3v) is 5.52. The number of phenolic OH excluding ortho intramolecular Hbond substituents is 1. The Morgan fingerprint density at radius 3 is 1.67 bits per heavy atom. The predicted molar refractivity (Wildman–Crippen MR) is 152 cm³/mol. The van der Waals surface area contributed by atoms with Crippen LogP contribution in [0, 0.1) is 0 Å². The zero-order valence-corrected chi connectivity index (χ0v) is 22.3. The molecule has 36 heavy (non-hydrogen) atoms. The Bertz CT molecular complexity index is 1170. The van der Waals surface area contributed by atoms with Crippen molar-refractivity contribution in [1.29, 1.82) is 0 Å². The topological polar surface area (TPSA) is 46.5 Å².